The molecule has 3 rings (SSSR count). The number of hydrogen-bond acceptors (Lipinski definition) is 6. The van der Waals surface area contributed by atoms with Gasteiger partial charge in [-0.1, -0.05) is 35.9 Å². The Morgan fingerprint density at radius 3 is 2.41 bits per heavy atom. The number of rotatable bonds is 10. The number of sulfone groups is 1. The molecule has 0 saturated carbocycles. The number of aliphatic hydroxyl groups is 1. The molecule has 0 fully saturated rings. The molecule has 0 aliphatic rings. The third-order valence-corrected chi connectivity index (χ3v) is 8.16. The molecule has 180 valence electrons. The average Bonchev–Trinajstić information content (AvgIpc) is 2.82. The Bertz CT molecular complexity index is 1260. The van der Waals surface area contributed by atoms with Gasteiger partial charge < -0.3 is 15.5 Å². The van der Waals surface area contributed by atoms with Crippen molar-refractivity contribution < 1.29 is 23.4 Å². The Kier molecular flexibility index (Phi) is 8.78. The third-order valence-electron chi connectivity index (χ3n) is 5.38. The van der Waals surface area contributed by atoms with Gasteiger partial charge in [-0.2, -0.15) is 0 Å². The van der Waals surface area contributed by atoms with Gasteiger partial charge in [0.05, 0.1) is 21.5 Å². The van der Waals surface area contributed by atoms with E-state index in [-0.39, 0.29) is 21.4 Å². The molecule has 3 N–H and O–H groups in total. The van der Waals surface area contributed by atoms with Gasteiger partial charge >= 0.3 is 5.97 Å². The fraction of sp³-hybridized carbons (Fsp3) is 0.240. The Hall–Kier alpha value is -2.36. The van der Waals surface area contributed by atoms with E-state index in [0.717, 1.165) is 11.1 Å². The van der Waals surface area contributed by atoms with E-state index in [2.05, 4.69) is 5.32 Å². The summed E-state index contributed by atoms with van der Waals surface area (Å²) in [5, 5.41) is 23.7. The highest BCUT2D eigenvalue weighted by atomic mass is 35.5. The highest BCUT2D eigenvalue weighted by Crippen LogP contribution is 2.28. The minimum atomic E-state index is -3.99. The van der Waals surface area contributed by atoms with E-state index in [1.807, 2.05) is 13.0 Å². The van der Waals surface area contributed by atoms with Crippen molar-refractivity contribution in [3.8, 4) is 0 Å². The highest BCUT2D eigenvalue weighted by Gasteiger charge is 2.25. The van der Waals surface area contributed by atoms with Gasteiger partial charge in [0.25, 0.3) is 0 Å². The number of carboxylic acid groups (broad SMARTS) is 1. The lowest BCUT2D eigenvalue weighted by Gasteiger charge is -2.18. The maximum Gasteiger partial charge on any atom is 0.337 e. The van der Waals surface area contributed by atoms with Gasteiger partial charge in [-0.05, 0) is 73.2 Å². The van der Waals surface area contributed by atoms with Crippen LogP contribution in [-0.4, -0.2) is 43.4 Å². The molecular formula is C25H26ClNO5S2. The summed E-state index contributed by atoms with van der Waals surface area (Å²) in [6.07, 6.45) is 1.71. The number of aromatic carboxylic acids is 1. The SMILES string of the molecule is CSc1ccc(S(=O)(=O)c2ccc(C[C@@H](C)NC[C@@H](O)c3cccc(Cl)c3)cc2)c(C(=O)O)c1. The van der Waals surface area contributed by atoms with Crippen LogP contribution < -0.4 is 5.32 Å². The largest absolute Gasteiger partial charge is 0.478 e. The second-order valence-electron chi connectivity index (χ2n) is 7.90. The number of aliphatic hydroxyl groups excluding tert-OH is 1. The van der Waals surface area contributed by atoms with Gasteiger partial charge in [-0.3, -0.25) is 0 Å². The van der Waals surface area contributed by atoms with E-state index in [9.17, 15) is 23.4 Å². The summed E-state index contributed by atoms with van der Waals surface area (Å²) in [6, 6.07) is 17.8. The number of halogens is 1. The van der Waals surface area contributed by atoms with Crippen LogP contribution in [0, 0.1) is 0 Å². The molecule has 0 radical (unpaired) electrons. The highest BCUT2D eigenvalue weighted by molar-refractivity contribution is 7.98. The minimum absolute atomic E-state index is 0.0222. The number of carboxylic acids is 1. The second kappa shape index (κ2) is 11.4. The van der Waals surface area contributed by atoms with Crippen LogP contribution in [0.5, 0.6) is 0 Å². The number of thioether (sulfide) groups is 1. The van der Waals surface area contributed by atoms with Gasteiger partial charge in [-0.15, -0.1) is 11.8 Å². The fourth-order valence-corrected chi connectivity index (χ4v) is 5.61. The number of benzene rings is 3. The van der Waals surface area contributed by atoms with E-state index < -0.39 is 21.9 Å². The van der Waals surface area contributed by atoms with Crippen molar-refractivity contribution in [2.75, 3.05) is 12.8 Å². The van der Waals surface area contributed by atoms with E-state index in [1.54, 1.807) is 42.7 Å². The Labute approximate surface area is 208 Å². The van der Waals surface area contributed by atoms with Crippen molar-refractivity contribution in [2.45, 2.75) is 40.2 Å². The molecule has 0 spiro atoms. The van der Waals surface area contributed by atoms with Crippen LogP contribution in [0.3, 0.4) is 0 Å². The molecule has 0 aliphatic carbocycles. The van der Waals surface area contributed by atoms with Crippen LogP contribution in [0.2, 0.25) is 5.02 Å². The Morgan fingerprint density at radius 1 is 1.09 bits per heavy atom. The van der Waals surface area contributed by atoms with Gasteiger partial charge in [0.1, 0.15) is 0 Å². The third kappa shape index (κ3) is 6.40. The molecule has 2 atom stereocenters. The predicted octanol–water partition coefficient (Wildman–Crippen LogP) is 4.85. The second-order valence-corrected chi connectivity index (χ2v) is 11.1. The lowest BCUT2D eigenvalue weighted by Crippen LogP contribution is -2.32. The lowest BCUT2D eigenvalue weighted by atomic mass is 10.1. The van der Waals surface area contributed by atoms with E-state index in [4.69, 9.17) is 11.6 Å². The summed E-state index contributed by atoms with van der Waals surface area (Å²) in [7, 11) is -3.99. The molecule has 0 saturated heterocycles. The quantitative estimate of drug-likeness (QED) is 0.329. The first-order valence-corrected chi connectivity index (χ1v) is 13.6. The summed E-state index contributed by atoms with van der Waals surface area (Å²) in [5.41, 5.74) is 1.40. The van der Waals surface area contributed by atoms with Crippen LogP contribution >= 0.6 is 23.4 Å². The molecule has 9 heteroatoms. The van der Waals surface area contributed by atoms with Crippen molar-refractivity contribution in [2.24, 2.45) is 0 Å². The maximum atomic E-state index is 13.1. The Balaban J connectivity index is 1.68. The molecule has 0 aliphatic heterocycles. The van der Waals surface area contributed by atoms with Crippen molar-refractivity contribution >= 4 is 39.2 Å². The standard InChI is InChI=1S/C25H26ClNO5S2/c1-16(27-15-23(28)18-4-3-5-19(26)13-18)12-17-6-9-21(10-7-17)34(31,32)24-11-8-20(33-2)14-22(24)25(29)30/h3-11,13-14,16,23,27-28H,12,15H2,1-2H3,(H,29,30)/t16-,23-/m1/s1. The van der Waals surface area contributed by atoms with Crippen LogP contribution in [0.4, 0.5) is 0 Å². The summed E-state index contributed by atoms with van der Waals surface area (Å²) in [4.78, 5) is 12.1. The molecule has 34 heavy (non-hydrogen) atoms. The first-order chi connectivity index (χ1) is 16.1. The van der Waals surface area contributed by atoms with Crippen molar-refractivity contribution in [1.29, 1.82) is 0 Å². The van der Waals surface area contributed by atoms with Crippen molar-refractivity contribution in [3.05, 3.63) is 88.4 Å². The van der Waals surface area contributed by atoms with Crippen LogP contribution in [0.1, 0.15) is 34.5 Å². The summed E-state index contributed by atoms with van der Waals surface area (Å²) < 4.78 is 26.2. The van der Waals surface area contributed by atoms with Gasteiger partial charge in [0.15, 0.2) is 0 Å². The number of nitrogens with one attached hydrogen (secondary N) is 1. The topological polar surface area (TPSA) is 104 Å². The molecule has 0 heterocycles. The first kappa shape index (κ1) is 26.2. The smallest absolute Gasteiger partial charge is 0.337 e. The van der Waals surface area contributed by atoms with Gasteiger partial charge in [-0.25, -0.2) is 13.2 Å². The van der Waals surface area contributed by atoms with Gasteiger partial charge in [0, 0.05) is 22.5 Å². The minimum Gasteiger partial charge on any atom is -0.478 e. The first-order valence-electron chi connectivity index (χ1n) is 10.5. The molecule has 6 nitrogen and oxygen atoms in total. The number of carbonyl (C=O) groups is 1. The number of hydrogen-bond donors (Lipinski definition) is 3. The summed E-state index contributed by atoms with van der Waals surface area (Å²) in [6.45, 7) is 2.32. The summed E-state index contributed by atoms with van der Waals surface area (Å²) >= 11 is 7.32. The van der Waals surface area contributed by atoms with Crippen LogP contribution in [0.15, 0.2) is 81.4 Å². The fourth-order valence-electron chi connectivity index (χ4n) is 3.54. The Morgan fingerprint density at radius 2 is 1.79 bits per heavy atom. The molecule has 0 bridgehead atoms. The van der Waals surface area contributed by atoms with Crippen molar-refractivity contribution in [1.82, 2.24) is 5.32 Å². The predicted molar refractivity (Wildman–Crippen MR) is 135 cm³/mol. The molecule has 0 unspecified atom stereocenters. The van der Waals surface area contributed by atoms with Crippen LogP contribution in [0.25, 0.3) is 0 Å². The average molecular weight is 520 g/mol. The molecule has 3 aromatic rings. The maximum absolute atomic E-state index is 13.1. The summed E-state index contributed by atoms with van der Waals surface area (Å²) in [5.74, 6) is -1.29. The molecule has 0 amide bonds. The zero-order chi connectivity index (χ0) is 24.9. The van der Waals surface area contributed by atoms with Gasteiger partial charge in [0.2, 0.25) is 9.84 Å². The van der Waals surface area contributed by atoms with Crippen LogP contribution in [-0.2, 0) is 16.3 Å². The lowest BCUT2D eigenvalue weighted by molar-refractivity contribution is 0.0692. The van der Waals surface area contributed by atoms with E-state index in [0.29, 0.717) is 22.9 Å². The van der Waals surface area contributed by atoms with Crippen molar-refractivity contribution in [3.63, 3.8) is 0 Å². The molecule has 3 aromatic carbocycles. The van der Waals surface area contributed by atoms with E-state index in [1.165, 1.54) is 36.0 Å². The zero-order valence-corrected chi connectivity index (χ0v) is 21.1. The molecular weight excluding hydrogens is 494 g/mol. The monoisotopic (exact) mass is 519 g/mol. The zero-order valence-electron chi connectivity index (χ0n) is 18.7. The molecule has 0 aromatic heterocycles. The normalized spacial score (nSPS) is 13.4. The van der Waals surface area contributed by atoms with E-state index >= 15 is 0 Å².